The summed E-state index contributed by atoms with van der Waals surface area (Å²) in [4.78, 5) is 14.2. The fraction of sp³-hybridized carbons (Fsp3) is 0.321. The highest BCUT2D eigenvalue weighted by Crippen LogP contribution is 2.39. The summed E-state index contributed by atoms with van der Waals surface area (Å²) >= 11 is 0. The van der Waals surface area contributed by atoms with Crippen molar-refractivity contribution in [2.24, 2.45) is 0 Å². The van der Waals surface area contributed by atoms with Gasteiger partial charge in [-0.1, -0.05) is 56.3 Å². The van der Waals surface area contributed by atoms with E-state index in [9.17, 15) is 18.0 Å². The molecule has 1 saturated heterocycles. The molecular weight excluding hydrogens is 455 g/mol. The summed E-state index contributed by atoms with van der Waals surface area (Å²) in [6.45, 7) is 4.28. The van der Waals surface area contributed by atoms with Crippen molar-refractivity contribution in [3.63, 3.8) is 0 Å². The molecule has 0 aromatic heterocycles. The third kappa shape index (κ3) is 5.45. The fourth-order valence-corrected chi connectivity index (χ4v) is 4.38. The lowest BCUT2D eigenvalue weighted by atomic mass is 9.92. The Labute approximate surface area is 203 Å². The lowest BCUT2D eigenvalue weighted by molar-refractivity contribution is -0.137. The molecule has 0 radical (unpaired) electrons. The van der Waals surface area contributed by atoms with E-state index in [0.717, 1.165) is 23.3 Å². The van der Waals surface area contributed by atoms with Crippen molar-refractivity contribution in [3.05, 3.63) is 89.0 Å². The molecule has 1 fully saturated rings. The smallest absolute Gasteiger partial charge is 0.416 e. The topological polar surface area (TPSA) is 38.8 Å². The third-order valence-corrected chi connectivity index (χ3v) is 6.34. The molecule has 0 N–H and O–H groups in total. The van der Waals surface area contributed by atoms with E-state index in [1.807, 2.05) is 62.4 Å². The number of ether oxygens (including phenoxy) is 2. The molecule has 7 heteroatoms. The van der Waals surface area contributed by atoms with Crippen LogP contribution in [0.1, 0.15) is 42.0 Å². The number of benzene rings is 3. The van der Waals surface area contributed by atoms with Crippen molar-refractivity contribution < 1.29 is 27.4 Å². The number of rotatable bonds is 7. The Kier molecular flexibility index (Phi) is 7.05. The number of methoxy groups -OCH3 is 1. The zero-order valence-electron chi connectivity index (χ0n) is 19.9. The molecular formula is C28H28F3NO3. The van der Waals surface area contributed by atoms with Gasteiger partial charge >= 0.3 is 12.3 Å². The molecule has 3 aromatic carbocycles. The van der Waals surface area contributed by atoms with Crippen molar-refractivity contribution in [1.29, 1.82) is 0 Å². The molecule has 184 valence electrons. The van der Waals surface area contributed by atoms with Crippen LogP contribution in [-0.2, 0) is 23.9 Å². The molecule has 0 aliphatic carbocycles. The normalized spacial score (nSPS) is 16.0. The van der Waals surface area contributed by atoms with Crippen LogP contribution in [0.3, 0.4) is 0 Å². The summed E-state index contributed by atoms with van der Waals surface area (Å²) in [6, 6.07) is 18.8. The number of nitrogens with zero attached hydrogens (tertiary/aromatic N) is 1. The highest BCUT2D eigenvalue weighted by molar-refractivity contribution is 5.76. The van der Waals surface area contributed by atoms with Crippen molar-refractivity contribution in [1.82, 2.24) is 4.90 Å². The van der Waals surface area contributed by atoms with E-state index in [-0.39, 0.29) is 25.1 Å². The number of carbonyl (C=O) groups is 1. The van der Waals surface area contributed by atoms with Gasteiger partial charge in [-0.3, -0.25) is 4.90 Å². The third-order valence-electron chi connectivity index (χ3n) is 6.34. The number of cyclic esters (lactones) is 1. The van der Waals surface area contributed by atoms with Crippen LogP contribution in [-0.4, -0.2) is 30.8 Å². The molecule has 0 spiro atoms. The molecule has 0 saturated carbocycles. The van der Waals surface area contributed by atoms with E-state index in [2.05, 4.69) is 0 Å². The van der Waals surface area contributed by atoms with Crippen LogP contribution in [0.4, 0.5) is 18.0 Å². The van der Waals surface area contributed by atoms with Crippen LogP contribution in [0.25, 0.3) is 11.1 Å². The summed E-state index contributed by atoms with van der Waals surface area (Å²) in [5.74, 6) is 0.779. The highest BCUT2D eigenvalue weighted by atomic mass is 19.4. The number of hydrogen-bond acceptors (Lipinski definition) is 3. The Morgan fingerprint density at radius 2 is 1.77 bits per heavy atom. The van der Waals surface area contributed by atoms with Crippen molar-refractivity contribution >= 4 is 6.09 Å². The van der Waals surface area contributed by atoms with Gasteiger partial charge in [0.25, 0.3) is 0 Å². The molecule has 1 aliphatic heterocycles. The van der Waals surface area contributed by atoms with Gasteiger partial charge in [-0.15, -0.1) is 0 Å². The summed E-state index contributed by atoms with van der Waals surface area (Å²) in [5, 5.41) is 0. The van der Waals surface area contributed by atoms with E-state index < -0.39 is 17.8 Å². The molecule has 1 amide bonds. The number of carbonyl (C=O) groups excluding carboxylic acids is 1. The van der Waals surface area contributed by atoms with Gasteiger partial charge in [0.2, 0.25) is 0 Å². The number of halogens is 3. The lowest BCUT2D eigenvalue weighted by Crippen LogP contribution is -2.34. The maximum absolute atomic E-state index is 13.6. The molecule has 1 aliphatic rings. The van der Waals surface area contributed by atoms with E-state index in [4.69, 9.17) is 9.47 Å². The van der Waals surface area contributed by atoms with Crippen LogP contribution < -0.4 is 4.74 Å². The van der Waals surface area contributed by atoms with Gasteiger partial charge in [-0.25, -0.2) is 4.79 Å². The second kappa shape index (κ2) is 10.0. The molecule has 35 heavy (non-hydrogen) atoms. The van der Waals surface area contributed by atoms with Gasteiger partial charge in [-0.2, -0.15) is 13.2 Å². The molecule has 3 aromatic rings. The molecule has 1 atom stereocenters. The maximum atomic E-state index is 13.6. The van der Waals surface area contributed by atoms with E-state index in [0.29, 0.717) is 28.9 Å². The number of amides is 1. The van der Waals surface area contributed by atoms with Crippen molar-refractivity contribution in [2.45, 2.75) is 44.9 Å². The van der Waals surface area contributed by atoms with Crippen molar-refractivity contribution in [3.8, 4) is 16.9 Å². The molecule has 0 unspecified atom stereocenters. The van der Waals surface area contributed by atoms with Gasteiger partial charge in [0.1, 0.15) is 12.4 Å². The average molecular weight is 484 g/mol. The van der Waals surface area contributed by atoms with Crippen LogP contribution in [0.2, 0.25) is 0 Å². The minimum absolute atomic E-state index is 0.00928. The quantitative estimate of drug-likeness (QED) is 0.361. The predicted molar refractivity (Wildman–Crippen MR) is 128 cm³/mol. The van der Waals surface area contributed by atoms with Gasteiger partial charge in [-0.05, 0) is 58.9 Å². The van der Waals surface area contributed by atoms with E-state index in [1.54, 1.807) is 0 Å². The van der Waals surface area contributed by atoms with Crippen molar-refractivity contribution in [2.75, 3.05) is 13.7 Å². The Morgan fingerprint density at radius 3 is 2.43 bits per heavy atom. The maximum Gasteiger partial charge on any atom is 0.416 e. The van der Waals surface area contributed by atoms with E-state index in [1.165, 1.54) is 18.1 Å². The minimum Gasteiger partial charge on any atom is -0.496 e. The SMILES string of the molecule is COc1ccc(C(C)C)cc1-c1ccc(C(F)(F)F)cc1CN1C(=O)OC[C@@H]1Cc1ccccc1. The summed E-state index contributed by atoms with van der Waals surface area (Å²) in [5.41, 5.74) is 2.97. The predicted octanol–water partition coefficient (Wildman–Crippen LogP) is 7.07. The Morgan fingerprint density at radius 1 is 1.03 bits per heavy atom. The molecule has 4 nitrogen and oxygen atoms in total. The Hall–Kier alpha value is -3.48. The van der Waals surface area contributed by atoms with Gasteiger partial charge in [0, 0.05) is 5.56 Å². The zero-order chi connectivity index (χ0) is 25.2. The largest absolute Gasteiger partial charge is 0.496 e. The molecule has 0 bridgehead atoms. The average Bonchev–Trinajstić information content (AvgIpc) is 3.17. The van der Waals surface area contributed by atoms with Gasteiger partial charge in [0.05, 0.1) is 25.3 Å². The zero-order valence-corrected chi connectivity index (χ0v) is 19.9. The first-order chi connectivity index (χ1) is 16.7. The summed E-state index contributed by atoms with van der Waals surface area (Å²) in [7, 11) is 1.53. The first kappa shape index (κ1) is 24.6. The van der Waals surface area contributed by atoms with Gasteiger partial charge < -0.3 is 9.47 Å². The second-order valence-corrected chi connectivity index (χ2v) is 9.03. The summed E-state index contributed by atoms with van der Waals surface area (Å²) < 4.78 is 51.8. The highest BCUT2D eigenvalue weighted by Gasteiger charge is 2.35. The minimum atomic E-state index is -4.51. The van der Waals surface area contributed by atoms with Crippen LogP contribution >= 0.6 is 0 Å². The Bertz CT molecular complexity index is 1190. The lowest BCUT2D eigenvalue weighted by Gasteiger charge is -2.24. The fourth-order valence-electron chi connectivity index (χ4n) is 4.38. The van der Waals surface area contributed by atoms with Crippen LogP contribution in [0.15, 0.2) is 66.7 Å². The van der Waals surface area contributed by atoms with Gasteiger partial charge in [0.15, 0.2) is 0 Å². The van der Waals surface area contributed by atoms with E-state index >= 15 is 0 Å². The first-order valence-electron chi connectivity index (χ1n) is 11.5. The standard InChI is InChI=1S/C28H28F3NO3/c1-18(2)20-9-12-26(34-3)25(15-20)24-11-10-22(28(29,30)31)14-21(24)16-32-23(17-35-27(32)33)13-19-7-5-4-6-8-19/h4-12,14-15,18,23H,13,16-17H2,1-3H3/t23-/m0/s1. The van der Waals surface area contributed by atoms with Crippen LogP contribution in [0.5, 0.6) is 5.75 Å². The summed E-state index contributed by atoms with van der Waals surface area (Å²) in [6.07, 6.45) is -4.49. The Balaban J connectivity index is 1.77. The first-order valence-corrected chi connectivity index (χ1v) is 11.5. The second-order valence-electron chi connectivity index (χ2n) is 9.03. The monoisotopic (exact) mass is 483 g/mol. The molecule has 4 rings (SSSR count). The molecule has 1 heterocycles. The van der Waals surface area contributed by atoms with Crippen LogP contribution in [0, 0.1) is 0 Å². The number of hydrogen-bond donors (Lipinski definition) is 0. The number of alkyl halides is 3.